The quantitative estimate of drug-likeness (QED) is 0.910. The summed E-state index contributed by atoms with van der Waals surface area (Å²) < 4.78 is 23.3. The number of aliphatic hydroxyl groups is 1. The summed E-state index contributed by atoms with van der Waals surface area (Å²) in [4.78, 5) is 7.78. The van der Waals surface area contributed by atoms with Gasteiger partial charge in [0, 0.05) is 6.07 Å². The molecule has 1 atom stereocenters. The van der Waals surface area contributed by atoms with E-state index in [4.69, 9.17) is 9.47 Å². The fourth-order valence-electron chi connectivity index (χ4n) is 1.64. The molecule has 0 amide bonds. The van der Waals surface area contributed by atoms with Crippen LogP contribution in [-0.4, -0.2) is 29.3 Å². The predicted octanol–water partition coefficient (Wildman–Crippen LogP) is 1.71. The number of hydrogen-bond donors (Lipinski definition) is 1. The van der Waals surface area contributed by atoms with E-state index in [1.807, 2.05) is 0 Å². The average Bonchev–Trinajstić information content (AvgIpc) is 2.46. The summed E-state index contributed by atoms with van der Waals surface area (Å²) >= 11 is 0. The van der Waals surface area contributed by atoms with Crippen LogP contribution in [0.15, 0.2) is 30.6 Å². The Morgan fingerprint density at radius 1 is 1.16 bits per heavy atom. The van der Waals surface area contributed by atoms with Crippen molar-refractivity contribution in [2.45, 2.75) is 6.10 Å². The van der Waals surface area contributed by atoms with Crippen molar-refractivity contribution in [2.24, 2.45) is 0 Å². The number of methoxy groups -OCH3 is 2. The Balaban J connectivity index is 2.32. The van der Waals surface area contributed by atoms with Crippen LogP contribution in [0.3, 0.4) is 0 Å². The zero-order valence-electron chi connectivity index (χ0n) is 10.5. The van der Waals surface area contributed by atoms with Crippen LogP contribution in [0.4, 0.5) is 4.39 Å². The van der Waals surface area contributed by atoms with Crippen LogP contribution in [0.2, 0.25) is 0 Å². The summed E-state index contributed by atoms with van der Waals surface area (Å²) in [5.74, 6) is -0.0886. The highest BCUT2D eigenvalue weighted by Gasteiger charge is 2.15. The van der Waals surface area contributed by atoms with Crippen molar-refractivity contribution >= 4 is 0 Å². The number of aliphatic hydroxyl groups excluding tert-OH is 1. The lowest BCUT2D eigenvalue weighted by Crippen LogP contribution is -2.04. The highest BCUT2D eigenvalue weighted by atomic mass is 19.1. The van der Waals surface area contributed by atoms with Crippen molar-refractivity contribution < 1.29 is 19.0 Å². The van der Waals surface area contributed by atoms with E-state index in [1.54, 1.807) is 6.07 Å². The van der Waals surface area contributed by atoms with Crippen LogP contribution >= 0.6 is 0 Å². The van der Waals surface area contributed by atoms with Gasteiger partial charge in [0.25, 0.3) is 0 Å². The Hall–Kier alpha value is -2.21. The molecule has 1 N–H and O–H groups in total. The van der Waals surface area contributed by atoms with Gasteiger partial charge in [0.2, 0.25) is 5.88 Å². The summed E-state index contributed by atoms with van der Waals surface area (Å²) in [5, 5.41) is 10.1. The zero-order chi connectivity index (χ0) is 13.8. The first-order valence-electron chi connectivity index (χ1n) is 5.53. The van der Waals surface area contributed by atoms with Crippen LogP contribution < -0.4 is 9.47 Å². The van der Waals surface area contributed by atoms with Gasteiger partial charge in [-0.1, -0.05) is 6.07 Å². The molecule has 0 aliphatic heterocycles. The number of benzene rings is 1. The fourth-order valence-corrected chi connectivity index (χ4v) is 1.64. The number of hydrogen-bond acceptors (Lipinski definition) is 5. The molecule has 19 heavy (non-hydrogen) atoms. The van der Waals surface area contributed by atoms with Gasteiger partial charge < -0.3 is 14.6 Å². The largest absolute Gasteiger partial charge is 0.494 e. The second-order valence-electron chi connectivity index (χ2n) is 3.78. The Bertz CT molecular complexity index is 578. The fraction of sp³-hybridized carbons (Fsp3) is 0.231. The van der Waals surface area contributed by atoms with Crippen molar-refractivity contribution in [1.82, 2.24) is 9.97 Å². The predicted molar refractivity (Wildman–Crippen MR) is 65.6 cm³/mol. The Labute approximate surface area is 109 Å². The smallest absolute Gasteiger partial charge is 0.216 e. The summed E-state index contributed by atoms with van der Waals surface area (Å²) in [6.07, 6.45) is 0.217. The molecule has 5 nitrogen and oxygen atoms in total. The second kappa shape index (κ2) is 5.62. The number of aromatic nitrogens is 2. The lowest BCUT2D eigenvalue weighted by Gasteiger charge is -2.12. The molecule has 0 radical (unpaired) electrons. The highest BCUT2D eigenvalue weighted by molar-refractivity contribution is 5.34. The molecule has 1 aromatic carbocycles. The third-order valence-electron chi connectivity index (χ3n) is 2.64. The zero-order valence-corrected chi connectivity index (χ0v) is 10.5. The first-order valence-corrected chi connectivity index (χ1v) is 5.53. The molecular formula is C13H13FN2O3. The van der Waals surface area contributed by atoms with Gasteiger partial charge in [0.05, 0.1) is 19.9 Å². The van der Waals surface area contributed by atoms with Gasteiger partial charge in [-0.25, -0.2) is 14.4 Å². The van der Waals surface area contributed by atoms with E-state index in [0.717, 1.165) is 0 Å². The van der Waals surface area contributed by atoms with E-state index in [-0.39, 0.29) is 5.75 Å². The molecule has 0 aliphatic rings. The molecule has 1 aromatic heterocycles. The number of halogens is 1. The van der Waals surface area contributed by atoms with Crippen LogP contribution in [-0.2, 0) is 0 Å². The maximum Gasteiger partial charge on any atom is 0.216 e. The lowest BCUT2D eigenvalue weighted by atomic mass is 10.1. The molecule has 0 saturated heterocycles. The van der Waals surface area contributed by atoms with E-state index < -0.39 is 11.9 Å². The van der Waals surface area contributed by atoms with Gasteiger partial charge in [0.15, 0.2) is 11.6 Å². The maximum atomic E-state index is 13.6. The first kappa shape index (κ1) is 13.2. The summed E-state index contributed by atoms with van der Waals surface area (Å²) in [6.45, 7) is 0. The SMILES string of the molecule is COc1cc(C(O)c2ccc(OC)c(F)c2)ncn1. The molecule has 0 spiro atoms. The first-order chi connectivity index (χ1) is 9.15. The Kier molecular flexibility index (Phi) is 3.91. The Morgan fingerprint density at radius 3 is 2.58 bits per heavy atom. The van der Waals surface area contributed by atoms with E-state index in [1.165, 1.54) is 38.7 Å². The van der Waals surface area contributed by atoms with Gasteiger partial charge in [-0.05, 0) is 17.7 Å². The van der Waals surface area contributed by atoms with Crippen LogP contribution in [0.5, 0.6) is 11.6 Å². The standard InChI is InChI=1S/C13H13FN2O3/c1-18-11-4-3-8(5-9(11)14)13(17)10-6-12(19-2)16-7-15-10/h3-7,13,17H,1-2H3. The lowest BCUT2D eigenvalue weighted by molar-refractivity contribution is 0.213. The molecule has 1 unspecified atom stereocenters. The molecule has 2 rings (SSSR count). The van der Waals surface area contributed by atoms with Crippen LogP contribution in [0.25, 0.3) is 0 Å². The van der Waals surface area contributed by atoms with Crippen molar-refractivity contribution in [3.05, 3.63) is 47.7 Å². The van der Waals surface area contributed by atoms with E-state index in [2.05, 4.69) is 9.97 Å². The summed E-state index contributed by atoms with van der Waals surface area (Å²) in [6, 6.07) is 5.72. The molecular weight excluding hydrogens is 251 g/mol. The van der Waals surface area contributed by atoms with Crippen LogP contribution in [0, 0.1) is 5.82 Å². The van der Waals surface area contributed by atoms with Gasteiger partial charge in [0.1, 0.15) is 12.4 Å². The average molecular weight is 264 g/mol. The van der Waals surface area contributed by atoms with Gasteiger partial charge in [-0.15, -0.1) is 0 Å². The third-order valence-corrected chi connectivity index (χ3v) is 2.64. The number of ether oxygens (including phenoxy) is 2. The summed E-state index contributed by atoms with van der Waals surface area (Å²) in [7, 11) is 2.84. The van der Waals surface area contributed by atoms with Gasteiger partial charge >= 0.3 is 0 Å². The number of nitrogens with zero attached hydrogens (tertiary/aromatic N) is 2. The van der Waals surface area contributed by atoms with Gasteiger partial charge in [-0.2, -0.15) is 0 Å². The minimum absolute atomic E-state index is 0.121. The molecule has 100 valence electrons. The van der Waals surface area contributed by atoms with E-state index >= 15 is 0 Å². The van der Waals surface area contributed by atoms with Gasteiger partial charge in [-0.3, -0.25) is 0 Å². The molecule has 2 aromatic rings. The molecule has 0 fully saturated rings. The van der Waals surface area contributed by atoms with Crippen molar-refractivity contribution in [3.63, 3.8) is 0 Å². The molecule has 0 saturated carbocycles. The van der Waals surface area contributed by atoms with Crippen LogP contribution in [0.1, 0.15) is 17.4 Å². The second-order valence-corrected chi connectivity index (χ2v) is 3.78. The molecule has 0 aliphatic carbocycles. The Morgan fingerprint density at radius 2 is 1.95 bits per heavy atom. The monoisotopic (exact) mass is 264 g/mol. The van der Waals surface area contributed by atoms with Crippen molar-refractivity contribution in [3.8, 4) is 11.6 Å². The molecule has 1 heterocycles. The van der Waals surface area contributed by atoms with Crippen molar-refractivity contribution in [1.29, 1.82) is 0 Å². The molecule has 6 heteroatoms. The van der Waals surface area contributed by atoms with E-state index in [0.29, 0.717) is 17.1 Å². The maximum absolute atomic E-state index is 13.6. The minimum atomic E-state index is -1.06. The third kappa shape index (κ3) is 2.79. The van der Waals surface area contributed by atoms with Crippen molar-refractivity contribution in [2.75, 3.05) is 14.2 Å². The van der Waals surface area contributed by atoms with E-state index in [9.17, 15) is 9.50 Å². The molecule has 0 bridgehead atoms. The minimum Gasteiger partial charge on any atom is -0.494 e. The normalized spacial score (nSPS) is 12.0. The summed E-state index contributed by atoms with van der Waals surface area (Å²) in [5.41, 5.74) is 0.704. The highest BCUT2D eigenvalue weighted by Crippen LogP contribution is 2.26. The number of rotatable bonds is 4. The topological polar surface area (TPSA) is 64.5 Å².